The molecule has 0 aromatic rings. The number of hydrogen-bond acceptors (Lipinski definition) is 1. The Morgan fingerprint density at radius 2 is 1.50 bits per heavy atom. The van der Waals surface area contributed by atoms with Crippen molar-refractivity contribution in [3.05, 3.63) is 0 Å². The molecule has 2 fully saturated rings. The lowest BCUT2D eigenvalue weighted by atomic mass is 9.61. The van der Waals surface area contributed by atoms with Crippen LogP contribution in [0.5, 0.6) is 0 Å². The molecule has 4 unspecified atom stereocenters. The molecule has 2 saturated carbocycles. The molecule has 0 bridgehead atoms. The van der Waals surface area contributed by atoms with Gasteiger partial charge in [0.05, 0.1) is 0 Å². The Balaban J connectivity index is 2.09. The zero-order valence-electron chi connectivity index (χ0n) is 10.8. The summed E-state index contributed by atoms with van der Waals surface area (Å²) in [7, 11) is 0. The highest BCUT2D eigenvalue weighted by molar-refractivity contribution is 5.54. The van der Waals surface area contributed by atoms with Gasteiger partial charge in [-0.2, -0.15) is 0 Å². The van der Waals surface area contributed by atoms with E-state index in [1.165, 1.54) is 44.8 Å². The first kappa shape index (κ1) is 12.1. The number of aldehydes is 1. The van der Waals surface area contributed by atoms with E-state index in [9.17, 15) is 4.79 Å². The van der Waals surface area contributed by atoms with E-state index in [0.717, 1.165) is 24.2 Å². The van der Waals surface area contributed by atoms with Crippen molar-refractivity contribution in [1.82, 2.24) is 0 Å². The molecule has 1 heteroatoms. The van der Waals surface area contributed by atoms with Crippen LogP contribution in [0.2, 0.25) is 0 Å². The molecule has 0 radical (unpaired) electrons. The lowest BCUT2D eigenvalue weighted by Gasteiger charge is -2.44. The van der Waals surface area contributed by atoms with Crippen molar-refractivity contribution in [1.29, 1.82) is 0 Å². The summed E-state index contributed by atoms with van der Waals surface area (Å²) in [6.07, 6.45) is 10.5. The molecule has 0 amide bonds. The van der Waals surface area contributed by atoms with Crippen LogP contribution in [-0.2, 0) is 4.79 Å². The van der Waals surface area contributed by atoms with Gasteiger partial charge in [0.25, 0.3) is 0 Å². The van der Waals surface area contributed by atoms with Crippen molar-refractivity contribution in [2.75, 3.05) is 0 Å². The lowest BCUT2D eigenvalue weighted by molar-refractivity contribution is -0.115. The van der Waals surface area contributed by atoms with Crippen molar-refractivity contribution in [3.8, 4) is 0 Å². The van der Waals surface area contributed by atoms with E-state index in [1.807, 2.05) is 0 Å². The summed E-state index contributed by atoms with van der Waals surface area (Å²) in [5.41, 5.74) is 0. The Hall–Kier alpha value is -0.330. The molecule has 4 atom stereocenters. The molecule has 0 aromatic carbocycles. The number of rotatable bonds is 2. The highest BCUT2D eigenvalue weighted by atomic mass is 16.1. The van der Waals surface area contributed by atoms with Crippen LogP contribution in [0.4, 0.5) is 0 Å². The van der Waals surface area contributed by atoms with Crippen LogP contribution < -0.4 is 0 Å². The third-order valence-electron chi connectivity index (χ3n) is 5.18. The average molecular weight is 222 g/mol. The molecule has 1 nitrogen and oxygen atoms in total. The van der Waals surface area contributed by atoms with E-state index in [4.69, 9.17) is 0 Å². The molecule has 0 aromatic heterocycles. The summed E-state index contributed by atoms with van der Waals surface area (Å²) in [5, 5.41) is 0. The first-order valence-corrected chi connectivity index (χ1v) is 7.19. The van der Waals surface area contributed by atoms with Crippen LogP contribution >= 0.6 is 0 Å². The van der Waals surface area contributed by atoms with Crippen LogP contribution in [0.3, 0.4) is 0 Å². The molecule has 2 rings (SSSR count). The quantitative estimate of drug-likeness (QED) is 0.644. The predicted molar refractivity (Wildman–Crippen MR) is 67.2 cm³/mol. The molecular weight excluding hydrogens is 196 g/mol. The van der Waals surface area contributed by atoms with Gasteiger partial charge in [-0.05, 0) is 36.5 Å². The summed E-state index contributed by atoms with van der Waals surface area (Å²) in [6, 6.07) is 0. The van der Waals surface area contributed by atoms with E-state index in [2.05, 4.69) is 13.8 Å². The van der Waals surface area contributed by atoms with Gasteiger partial charge >= 0.3 is 0 Å². The first-order chi connectivity index (χ1) is 7.74. The fraction of sp³-hybridized carbons (Fsp3) is 0.933. The molecule has 0 saturated heterocycles. The minimum atomic E-state index is 0.377. The molecule has 0 aliphatic heterocycles. The van der Waals surface area contributed by atoms with Gasteiger partial charge in [-0.3, -0.25) is 0 Å². The Labute approximate surface area is 100.0 Å². The number of hydrogen-bond donors (Lipinski definition) is 0. The smallest absolute Gasteiger partial charge is 0.123 e. The Kier molecular flexibility index (Phi) is 4.05. The SMILES string of the molecule is CC1CCCC(C)C1C1CCCCC1C=O. The van der Waals surface area contributed by atoms with Crippen LogP contribution in [0, 0.1) is 29.6 Å². The molecule has 16 heavy (non-hydrogen) atoms. The van der Waals surface area contributed by atoms with Gasteiger partial charge < -0.3 is 4.79 Å². The normalized spacial score (nSPS) is 45.2. The maximum Gasteiger partial charge on any atom is 0.123 e. The topological polar surface area (TPSA) is 17.1 Å². The molecule has 0 spiro atoms. The van der Waals surface area contributed by atoms with Crippen LogP contribution in [0.25, 0.3) is 0 Å². The molecule has 0 N–H and O–H groups in total. The Bertz CT molecular complexity index is 226. The second kappa shape index (κ2) is 5.33. The van der Waals surface area contributed by atoms with E-state index < -0.39 is 0 Å². The summed E-state index contributed by atoms with van der Waals surface area (Å²) >= 11 is 0. The van der Waals surface area contributed by atoms with Gasteiger partial charge in [-0.1, -0.05) is 46.0 Å². The summed E-state index contributed by atoms with van der Waals surface area (Å²) < 4.78 is 0. The molecule has 0 heterocycles. The zero-order valence-corrected chi connectivity index (χ0v) is 10.8. The summed E-state index contributed by atoms with van der Waals surface area (Å²) in [4.78, 5) is 11.2. The van der Waals surface area contributed by atoms with E-state index in [1.54, 1.807) is 0 Å². The second-order valence-electron chi connectivity index (χ2n) is 6.21. The highest BCUT2D eigenvalue weighted by Gasteiger charge is 2.38. The highest BCUT2D eigenvalue weighted by Crippen LogP contribution is 2.46. The first-order valence-electron chi connectivity index (χ1n) is 7.19. The van der Waals surface area contributed by atoms with E-state index >= 15 is 0 Å². The fourth-order valence-electron chi connectivity index (χ4n) is 4.39. The monoisotopic (exact) mass is 222 g/mol. The van der Waals surface area contributed by atoms with Gasteiger partial charge in [0, 0.05) is 5.92 Å². The van der Waals surface area contributed by atoms with Crippen molar-refractivity contribution in [2.45, 2.75) is 58.8 Å². The van der Waals surface area contributed by atoms with Gasteiger partial charge in [0.15, 0.2) is 0 Å². The van der Waals surface area contributed by atoms with Crippen LogP contribution in [0.1, 0.15) is 58.8 Å². The van der Waals surface area contributed by atoms with Crippen molar-refractivity contribution >= 4 is 6.29 Å². The zero-order chi connectivity index (χ0) is 11.5. The molecular formula is C15H26O. The van der Waals surface area contributed by atoms with Gasteiger partial charge in [0.1, 0.15) is 6.29 Å². The average Bonchev–Trinajstić information content (AvgIpc) is 2.29. The molecule has 2 aliphatic carbocycles. The minimum absolute atomic E-state index is 0.377. The molecule has 2 aliphatic rings. The third kappa shape index (κ3) is 2.33. The minimum Gasteiger partial charge on any atom is -0.303 e. The standard InChI is InChI=1S/C15H26O/c1-11-6-5-7-12(2)15(11)14-9-4-3-8-13(14)10-16/h10-15H,3-9H2,1-2H3. The van der Waals surface area contributed by atoms with Gasteiger partial charge in [0.2, 0.25) is 0 Å². The van der Waals surface area contributed by atoms with Crippen molar-refractivity contribution in [2.24, 2.45) is 29.6 Å². The number of carbonyl (C=O) groups excluding carboxylic acids is 1. The number of carbonyl (C=O) groups is 1. The largest absolute Gasteiger partial charge is 0.303 e. The molecule has 92 valence electrons. The van der Waals surface area contributed by atoms with Gasteiger partial charge in [-0.25, -0.2) is 0 Å². The van der Waals surface area contributed by atoms with Crippen molar-refractivity contribution in [3.63, 3.8) is 0 Å². The van der Waals surface area contributed by atoms with E-state index in [0.29, 0.717) is 11.8 Å². The van der Waals surface area contributed by atoms with Gasteiger partial charge in [-0.15, -0.1) is 0 Å². The Morgan fingerprint density at radius 1 is 0.875 bits per heavy atom. The van der Waals surface area contributed by atoms with Crippen molar-refractivity contribution < 1.29 is 4.79 Å². The van der Waals surface area contributed by atoms with E-state index in [-0.39, 0.29) is 0 Å². The summed E-state index contributed by atoms with van der Waals surface area (Å²) in [5.74, 6) is 3.59. The summed E-state index contributed by atoms with van der Waals surface area (Å²) in [6.45, 7) is 4.83. The Morgan fingerprint density at radius 3 is 2.12 bits per heavy atom. The fourth-order valence-corrected chi connectivity index (χ4v) is 4.39. The predicted octanol–water partition coefficient (Wildman–Crippen LogP) is 4.06. The maximum absolute atomic E-state index is 11.2. The third-order valence-corrected chi connectivity index (χ3v) is 5.18. The lowest BCUT2D eigenvalue weighted by Crippen LogP contribution is -2.37. The van der Waals surface area contributed by atoms with Crippen LogP contribution in [-0.4, -0.2) is 6.29 Å². The second-order valence-corrected chi connectivity index (χ2v) is 6.21. The maximum atomic E-state index is 11.2. The van der Waals surface area contributed by atoms with Crippen LogP contribution in [0.15, 0.2) is 0 Å².